The minimum atomic E-state index is -3.74. The zero-order valence-corrected chi connectivity index (χ0v) is 18.7. The molecule has 1 saturated heterocycles. The average molecular weight is 455 g/mol. The molecule has 3 aromatic rings. The van der Waals surface area contributed by atoms with E-state index in [0.717, 1.165) is 29.2 Å². The van der Waals surface area contributed by atoms with Gasteiger partial charge in [0.2, 0.25) is 10.0 Å². The van der Waals surface area contributed by atoms with Gasteiger partial charge in [-0.3, -0.25) is 4.79 Å². The smallest absolute Gasteiger partial charge is 0.251 e. The summed E-state index contributed by atoms with van der Waals surface area (Å²) in [4.78, 5) is 12.9. The molecule has 7 nitrogen and oxygen atoms in total. The van der Waals surface area contributed by atoms with Crippen LogP contribution in [0.1, 0.15) is 28.8 Å². The van der Waals surface area contributed by atoms with Crippen molar-refractivity contribution in [1.29, 1.82) is 0 Å². The number of rotatable bonds is 8. The molecule has 1 atom stereocenters. The SMILES string of the molecule is COc1ccc2ccccc2c1CNC(=O)c1cccc(S(=O)(=O)NCC2CCCO2)c1. The van der Waals surface area contributed by atoms with Crippen LogP contribution in [0.4, 0.5) is 0 Å². The van der Waals surface area contributed by atoms with Gasteiger partial charge in [0.25, 0.3) is 5.91 Å². The number of amides is 1. The molecule has 3 aromatic carbocycles. The Labute approximate surface area is 187 Å². The van der Waals surface area contributed by atoms with Crippen molar-refractivity contribution >= 4 is 26.7 Å². The molecule has 0 aliphatic carbocycles. The van der Waals surface area contributed by atoms with E-state index in [1.165, 1.54) is 12.1 Å². The van der Waals surface area contributed by atoms with Gasteiger partial charge in [0.15, 0.2) is 0 Å². The lowest BCUT2D eigenvalue weighted by Crippen LogP contribution is -2.32. The molecule has 4 rings (SSSR count). The number of hydrogen-bond acceptors (Lipinski definition) is 5. The van der Waals surface area contributed by atoms with Crippen molar-refractivity contribution in [3.8, 4) is 5.75 Å². The maximum Gasteiger partial charge on any atom is 0.251 e. The summed E-state index contributed by atoms with van der Waals surface area (Å²) in [5.41, 5.74) is 1.13. The summed E-state index contributed by atoms with van der Waals surface area (Å²) >= 11 is 0. The highest BCUT2D eigenvalue weighted by molar-refractivity contribution is 7.89. The lowest BCUT2D eigenvalue weighted by Gasteiger charge is -2.14. The maximum atomic E-state index is 12.8. The molecule has 0 spiro atoms. The van der Waals surface area contributed by atoms with Gasteiger partial charge in [-0.25, -0.2) is 13.1 Å². The van der Waals surface area contributed by atoms with Crippen LogP contribution in [0, 0.1) is 0 Å². The maximum absolute atomic E-state index is 12.8. The van der Waals surface area contributed by atoms with Crippen molar-refractivity contribution in [2.75, 3.05) is 20.3 Å². The number of methoxy groups -OCH3 is 1. The van der Waals surface area contributed by atoms with E-state index in [9.17, 15) is 13.2 Å². The van der Waals surface area contributed by atoms with Crippen molar-refractivity contribution in [3.05, 3.63) is 71.8 Å². The molecule has 2 N–H and O–H groups in total. The Hall–Kier alpha value is -2.94. The first-order valence-corrected chi connectivity index (χ1v) is 12.0. The molecule has 168 valence electrons. The van der Waals surface area contributed by atoms with Gasteiger partial charge in [0.1, 0.15) is 5.75 Å². The number of fused-ring (bicyclic) bond motifs is 1. The van der Waals surface area contributed by atoms with E-state index in [-0.39, 0.29) is 35.6 Å². The van der Waals surface area contributed by atoms with Crippen LogP contribution in [0.25, 0.3) is 10.8 Å². The first-order chi connectivity index (χ1) is 15.5. The third kappa shape index (κ3) is 4.93. The number of carbonyl (C=O) groups excluding carboxylic acids is 1. The van der Waals surface area contributed by atoms with Crippen molar-refractivity contribution in [2.24, 2.45) is 0 Å². The Kier molecular flexibility index (Phi) is 6.74. The van der Waals surface area contributed by atoms with E-state index >= 15 is 0 Å². The number of nitrogens with one attached hydrogen (secondary N) is 2. The number of ether oxygens (including phenoxy) is 2. The third-order valence-electron chi connectivity index (χ3n) is 5.57. The van der Waals surface area contributed by atoms with E-state index in [2.05, 4.69) is 10.0 Å². The number of carbonyl (C=O) groups is 1. The number of sulfonamides is 1. The summed E-state index contributed by atoms with van der Waals surface area (Å²) in [5.74, 6) is 0.315. The standard InChI is InChI=1S/C24H26N2O5S/c1-30-23-12-11-17-6-2-3-10-21(17)22(23)16-25-24(27)18-7-4-9-20(14-18)32(28,29)26-15-19-8-5-13-31-19/h2-4,6-7,9-12,14,19,26H,5,8,13,15-16H2,1H3,(H,25,27). The van der Waals surface area contributed by atoms with Crippen LogP contribution in [0.5, 0.6) is 5.75 Å². The summed E-state index contributed by atoms with van der Waals surface area (Å²) < 4.78 is 38.8. The molecule has 1 unspecified atom stereocenters. The van der Waals surface area contributed by atoms with E-state index in [1.807, 2.05) is 36.4 Å². The molecule has 1 fully saturated rings. The summed E-state index contributed by atoms with van der Waals surface area (Å²) in [6, 6.07) is 17.7. The minimum absolute atomic E-state index is 0.0471. The Morgan fingerprint density at radius 1 is 1.12 bits per heavy atom. The second-order valence-corrected chi connectivity index (χ2v) is 9.43. The summed E-state index contributed by atoms with van der Waals surface area (Å²) in [5, 5.41) is 4.92. The topological polar surface area (TPSA) is 93.7 Å². The van der Waals surface area contributed by atoms with Crippen molar-refractivity contribution < 1.29 is 22.7 Å². The van der Waals surface area contributed by atoms with Crippen molar-refractivity contribution in [1.82, 2.24) is 10.0 Å². The van der Waals surface area contributed by atoms with Gasteiger partial charge < -0.3 is 14.8 Å². The lowest BCUT2D eigenvalue weighted by molar-refractivity contribution is 0.0950. The van der Waals surface area contributed by atoms with Crippen LogP contribution in [0.2, 0.25) is 0 Å². The molecule has 0 bridgehead atoms. The summed E-state index contributed by atoms with van der Waals surface area (Å²) in [7, 11) is -2.15. The van der Waals surface area contributed by atoms with E-state index in [4.69, 9.17) is 9.47 Å². The van der Waals surface area contributed by atoms with Gasteiger partial charge in [-0.2, -0.15) is 0 Å². The molecule has 1 heterocycles. The molecular weight excluding hydrogens is 428 g/mol. The monoisotopic (exact) mass is 454 g/mol. The van der Waals surface area contributed by atoms with Gasteiger partial charge in [-0.05, 0) is 47.9 Å². The van der Waals surface area contributed by atoms with E-state index in [1.54, 1.807) is 19.2 Å². The second kappa shape index (κ2) is 9.68. The Balaban J connectivity index is 1.48. The summed E-state index contributed by atoms with van der Waals surface area (Å²) in [6.45, 7) is 1.13. The largest absolute Gasteiger partial charge is 0.496 e. The average Bonchev–Trinajstić information content (AvgIpc) is 3.35. The van der Waals surface area contributed by atoms with Gasteiger partial charge in [-0.15, -0.1) is 0 Å². The molecule has 0 saturated carbocycles. The zero-order valence-electron chi connectivity index (χ0n) is 17.8. The lowest BCUT2D eigenvalue weighted by atomic mass is 10.0. The molecule has 1 amide bonds. The van der Waals surface area contributed by atoms with Gasteiger partial charge >= 0.3 is 0 Å². The normalized spacial score (nSPS) is 16.2. The Morgan fingerprint density at radius 3 is 2.75 bits per heavy atom. The fourth-order valence-corrected chi connectivity index (χ4v) is 4.97. The number of benzene rings is 3. The highest BCUT2D eigenvalue weighted by atomic mass is 32.2. The first kappa shape index (κ1) is 22.3. The highest BCUT2D eigenvalue weighted by Gasteiger charge is 2.21. The number of hydrogen-bond donors (Lipinski definition) is 2. The molecule has 32 heavy (non-hydrogen) atoms. The van der Waals surface area contributed by atoms with E-state index < -0.39 is 10.0 Å². The van der Waals surface area contributed by atoms with Crippen LogP contribution < -0.4 is 14.8 Å². The minimum Gasteiger partial charge on any atom is -0.496 e. The van der Waals surface area contributed by atoms with Crippen molar-refractivity contribution in [3.63, 3.8) is 0 Å². The van der Waals surface area contributed by atoms with Crippen LogP contribution >= 0.6 is 0 Å². The second-order valence-electron chi connectivity index (χ2n) is 7.66. The van der Waals surface area contributed by atoms with Gasteiger partial charge in [0.05, 0.1) is 18.1 Å². The molecular formula is C24H26N2O5S. The Morgan fingerprint density at radius 2 is 1.97 bits per heavy atom. The van der Waals surface area contributed by atoms with Gasteiger partial charge in [-0.1, -0.05) is 36.4 Å². The Bertz CT molecular complexity index is 1220. The fraction of sp³-hybridized carbons (Fsp3) is 0.292. The first-order valence-electron chi connectivity index (χ1n) is 10.5. The van der Waals surface area contributed by atoms with Crippen molar-refractivity contribution in [2.45, 2.75) is 30.4 Å². The van der Waals surface area contributed by atoms with E-state index in [0.29, 0.717) is 12.4 Å². The van der Waals surface area contributed by atoms with Crippen LogP contribution in [-0.4, -0.2) is 40.7 Å². The van der Waals surface area contributed by atoms with Crippen LogP contribution in [0.15, 0.2) is 65.6 Å². The van der Waals surface area contributed by atoms with Crippen LogP contribution in [-0.2, 0) is 21.3 Å². The third-order valence-corrected chi connectivity index (χ3v) is 7.00. The quantitative estimate of drug-likeness (QED) is 0.545. The molecule has 1 aliphatic heterocycles. The highest BCUT2D eigenvalue weighted by Crippen LogP contribution is 2.28. The summed E-state index contributed by atoms with van der Waals surface area (Å²) in [6.07, 6.45) is 1.67. The predicted octanol–water partition coefficient (Wildman–Crippen LogP) is 3.24. The molecule has 8 heteroatoms. The molecule has 0 aromatic heterocycles. The molecule has 0 radical (unpaired) electrons. The predicted molar refractivity (Wildman–Crippen MR) is 122 cm³/mol. The fourth-order valence-electron chi connectivity index (χ4n) is 3.86. The zero-order chi connectivity index (χ0) is 22.6. The molecule has 1 aliphatic rings. The van der Waals surface area contributed by atoms with Crippen LogP contribution in [0.3, 0.4) is 0 Å². The van der Waals surface area contributed by atoms with Gasteiger partial charge in [0, 0.05) is 30.8 Å².